The van der Waals surface area contributed by atoms with Crippen LogP contribution < -0.4 is 0 Å². The van der Waals surface area contributed by atoms with Crippen LogP contribution in [-0.4, -0.2) is 15.6 Å². The van der Waals surface area contributed by atoms with Crippen molar-refractivity contribution in [1.82, 2.24) is 4.57 Å². The van der Waals surface area contributed by atoms with Gasteiger partial charge >= 0.3 is 5.97 Å². The quantitative estimate of drug-likeness (QED) is 0.793. The zero-order valence-corrected chi connectivity index (χ0v) is 10.7. The topological polar surface area (TPSA) is 42.2 Å². The fourth-order valence-corrected chi connectivity index (χ4v) is 2.85. The molecule has 1 N–H and O–H groups in total. The Hall–Kier alpha value is -2.14. The highest BCUT2D eigenvalue weighted by molar-refractivity contribution is 7.08. The molecule has 19 heavy (non-hydrogen) atoms. The van der Waals surface area contributed by atoms with Crippen molar-refractivity contribution in [2.75, 3.05) is 0 Å². The average Bonchev–Trinajstić information content (AvgIpc) is 2.96. The Balaban J connectivity index is 2.27. The van der Waals surface area contributed by atoms with Gasteiger partial charge in [0.15, 0.2) is 0 Å². The molecule has 0 bridgehead atoms. The van der Waals surface area contributed by atoms with Crippen LogP contribution in [0.2, 0.25) is 0 Å². The summed E-state index contributed by atoms with van der Waals surface area (Å²) in [5, 5.41) is 13.6. The van der Waals surface area contributed by atoms with Crippen molar-refractivity contribution < 1.29 is 14.3 Å². The summed E-state index contributed by atoms with van der Waals surface area (Å²) in [4.78, 5) is 11.0. The molecule has 0 aliphatic heterocycles. The van der Waals surface area contributed by atoms with Crippen LogP contribution in [0.5, 0.6) is 0 Å². The number of benzene rings is 1. The van der Waals surface area contributed by atoms with Gasteiger partial charge in [0.25, 0.3) is 0 Å². The average molecular weight is 275 g/mol. The first-order chi connectivity index (χ1) is 9.15. The zero-order valence-electron chi connectivity index (χ0n) is 9.84. The van der Waals surface area contributed by atoms with Crippen LogP contribution >= 0.6 is 11.3 Å². The molecule has 3 nitrogen and oxygen atoms in total. The standard InChI is InChI=1S/C14H10FNO2S/c15-11-1-2-12-10(5-11)6-13(9-3-4-19-8-9)16(12)7-14(17)18/h1-6,8H,7H2,(H,17,18). The number of hydrogen-bond acceptors (Lipinski definition) is 2. The van der Waals surface area contributed by atoms with Crippen LogP contribution in [0.15, 0.2) is 41.1 Å². The van der Waals surface area contributed by atoms with E-state index in [1.165, 1.54) is 12.1 Å². The lowest BCUT2D eigenvalue weighted by Crippen LogP contribution is -2.09. The van der Waals surface area contributed by atoms with Crippen LogP contribution in [-0.2, 0) is 11.3 Å². The first kappa shape index (κ1) is 11.9. The fourth-order valence-electron chi connectivity index (χ4n) is 2.20. The predicted molar refractivity (Wildman–Crippen MR) is 72.8 cm³/mol. The van der Waals surface area contributed by atoms with E-state index in [1.54, 1.807) is 22.0 Å². The highest BCUT2D eigenvalue weighted by atomic mass is 32.1. The third-order valence-electron chi connectivity index (χ3n) is 2.97. The van der Waals surface area contributed by atoms with E-state index in [9.17, 15) is 9.18 Å². The van der Waals surface area contributed by atoms with Crippen LogP contribution in [0.25, 0.3) is 22.2 Å². The van der Waals surface area contributed by atoms with Crippen molar-refractivity contribution in [2.45, 2.75) is 6.54 Å². The number of hydrogen-bond donors (Lipinski definition) is 1. The van der Waals surface area contributed by atoms with Crippen molar-refractivity contribution >= 4 is 28.2 Å². The van der Waals surface area contributed by atoms with Crippen molar-refractivity contribution in [1.29, 1.82) is 0 Å². The minimum atomic E-state index is -0.918. The third-order valence-corrected chi connectivity index (χ3v) is 3.66. The largest absolute Gasteiger partial charge is 0.480 e. The van der Waals surface area contributed by atoms with E-state index in [1.807, 2.05) is 22.9 Å². The van der Waals surface area contributed by atoms with E-state index in [2.05, 4.69) is 0 Å². The molecule has 96 valence electrons. The highest BCUT2D eigenvalue weighted by Crippen LogP contribution is 2.30. The Bertz CT molecular complexity index is 746. The normalized spacial score (nSPS) is 11.0. The molecule has 3 aromatic rings. The number of rotatable bonds is 3. The Morgan fingerprint density at radius 1 is 1.32 bits per heavy atom. The van der Waals surface area contributed by atoms with E-state index >= 15 is 0 Å². The molecule has 0 atom stereocenters. The van der Waals surface area contributed by atoms with Gasteiger partial charge in [0.2, 0.25) is 0 Å². The molecule has 5 heteroatoms. The summed E-state index contributed by atoms with van der Waals surface area (Å²) in [5.74, 6) is -1.24. The Morgan fingerprint density at radius 2 is 2.16 bits per heavy atom. The van der Waals surface area contributed by atoms with E-state index in [-0.39, 0.29) is 12.4 Å². The Labute approximate surface area is 112 Å². The van der Waals surface area contributed by atoms with Gasteiger partial charge in [0.05, 0.1) is 5.69 Å². The molecule has 2 heterocycles. The molecule has 0 saturated carbocycles. The summed E-state index contributed by atoms with van der Waals surface area (Å²) in [6.45, 7) is -0.139. The predicted octanol–water partition coefficient (Wildman–Crippen LogP) is 3.59. The molecule has 0 aliphatic carbocycles. The number of nitrogens with zero attached hydrogens (tertiary/aromatic N) is 1. The summed E-state index contributed by atoms with van der Waals surface area (Å²) in [5.41, 5.74) is 2.47. The number of carboxylic acid groups (broad SMARTS) is 1. The SMILES string of the molecule is O=C(O)Cn1c(-c2ccsc2)cc2cc(F)ccc21. The monoisotopic (exact) mass is 275 g/mol. The van der Waals surface area contributed by atoms with E-state index < -0.39 is 5.97 Å². The lowest BCUT2D eigenvalue weighted by molar-refractivity contribution is -0.137. The van der Waals surface area contributed by atoms with Crippen molar-refractivity contribution in [2.24, 2.45) is 0 Å². The van der Waals surface area contributed by atoms with Crippen molar-refractivity contribution in [3.05, 3.63) is 46.9 Å². The van der Waals surface area contributed by atoms with Gasteiger partial charge in [-0.15, -0.1) is 0 Å². The highest BCUT2D eigenvalue weighted by Gasteiger charge is 2.13. The molecule has 0 fully saturated rings. The van der Waals surface area contributed by atoms with Gasteiger partial charge in [-0.2, -0.15) is 11.3 Å². The molecule has 2 aromatic heterocycles. The van der Waals surface area contributed by atoms with Gasteiger partial charge in [-0.25, -0.2) is 4.39 Å². The zero-order chi connectivity index (χ0) is 13.4. The third kappa shape index (κ3) is 2.13. The molecule has 0 spiro atoms. The number of aliphatic carboxylic acids is 1. The summed E-state index contributed by atoms with van der Waals surface area (Å²) in [7, 11) is 0. The van der Waals surface area contributed by atoms with Crippen molar-refractivity contribution in [3.63, 3.8) is 0 Å². The van der Waals surface area contributed by atoms with Crippen LogP contribution in [0.3, 0.4) is 0 Å². The van der Waals surface area contributed by atoms with Gasteiger partial charge in [-0.1, -0.05) is 0 Å². The van der Waals surface area contributed by atoms with Gasteiger partial charge in [-0.05, 0) is 35.7 Å². The number of aromatic nitrogens is 1. The van der Waals surface area contributed by atoms with Gasteiger partial charge in [-0.3, -0.25) is 4.79 Å². The number of thiophene rings is 1. The van der Waals surface area contributed by atoms with E-state index in [4.69, 9.17) is 5.11 Å². The fraction of sp³-hybridized carbons (Fsp3) is 0.0714. The number of carboxylic acids is 1. The van der Waals surface area contributed by atoms with Gasteiger partial charge in [0, 0.05) is 21.8 Å². The lowest BCUT2D eigenvalue weighted by atomic mass is 10.2. The van der Waals surface area contributed by atoms with E-state index in [0.717, 1.165) is 16.8 Å². The smallest absolute Gasteiger partial charge is 0.323 e. The maximum Gasteiger partial charge on any atom is 0.323 e. The summed E-state index contributed by atoms with van der Waals surface area (Å²) < 4.78 is 15.0. The molecule has 0 unspecified atom stereocenters. The molecule has 0 saturated heterocycles. The van der Waals surface area contributed by atoms with Gasteiger partial charge < -0.3 is 9.67 Å². The molecule has 1 aromatic carbocycles. The summed E-state index contributed by atoms with van der Waals surface area (Å²) in [6, 6.07) is 8.13. The molecule has 3 rings (SSSR count). The number of halogens is 1. The second kappa shape index (κ2) is 4.51. The molecular formula is C14H10FNO2S. The number of carbonyl (C=O) groups is 1. The molecular weight excluding hydrogens is 265 g/mol. The maximum absolute atomic E-state index is 13.3. The van der Waals surface area contributed by atoms with E-state index in [0.29, 0.717) is 5.39 Å². The Morgan fingerprint density at radius 3 is 2.84 bits per heavy atom. The Kier molecular flexibility index (Phi) is 2.83. The van der Waals surface area contributed by atoms with Crippen LogP contribution in [0.4, 0.5) is 4.39 Å². The minimum absolute atomic E-state index is 0.139. The van der Waals surface area contributed by atoms with Gasteiger partial charge in [0.1, 0.15) is 12.4 Å². The first-order valence-corrected chi connectivity index (χ1v) is 6.62. The second-order valence-corrected chi connectivity index (χ2v) is 5.00. The molecule has 0 amide bonds. The van der Waals surface area contributed by atoms with Crippen LogP contribution in [0.1, 0.15) is 0 Å². The lowest BCUT2D eigenvalue weighted by Gasteiger charge is -2.06. The molecule has 0 aliphatic rings. The first-order valence-electron chi connectivity index (χ1n) is 5.68. The maximum atomic E-state index is 13.3. The second-order valence-electron chi connectivity index (χ2n) is 4.22. The summed E-state index contributed by atoms with van der Waals surface area (Å²) in [6.07, 6.45) is 0. The minimum Gasteiger partial charge on any atom is -0.480 e. The summed E-state index contributed by atoms with van der Waals surface area (Å²) >= 11 is 1.54. The number of fused-ring (bicyclic) bond motifs is 1. The van der Waals surface area contributed by atoms with Crippen LogP contribution in [0, 0.1) is 5.82 Å². The van der Waals surface area contributed by atoms with Crippen molar-refractivity contribution in [3.8, 4) is 11.3 Å². The molecule has 0 radical (unpaired) electrons.